The molecule has 102 valence electrons. The summed E-state index contributed by atoms with van der Waals surface area (Å²) in [7, 11) is 0. The average Bonchev–Trinajstić information content (AvgIpc) is 2.83. The molecule has 1 N–H and O–H groups in total. The van der Waals surface area contributed by atoms with Crippen LogP contribution >= 0.6 is 0 Å². The molecule has 0 radical (unpaired) electrons. The molecule has 0 atom stereocenters. The minimum absolute atomic E-state index is 0.805. The van der Waals surface area contributed by atoms with Crippen LogP contribution in [-0.4, -0.2) is 26.1 Å². The van der Waals surface area contributed by atoms with Gasteiger partial charge in [0.2, 0.25) is 0 Å². The Morgan fingerprint density at radius 1 is 1.10 bits per heavy atom. The lowest BCUT2D eigenvalue weighted by Gasteiger charge is -2.05. The molecular weight excluding hydrogens is 250 g/mol. The van der Waals surface area contributed by atoms with Gasteiger partial charge < -0.3 is 5.32 Å². The summed E-state index contributed by atoms with van der Waals surface area (Å²) in [6, 6.07) is 10.3. The van der Waals surface area contributed by atoms with Crippen molar-refractivity contribution in [2.24, 2.45) is 0 Å². The van der Waals surface area contributed by atoms with Crippen molar-refractivity contribution in [2.75, 3.05) is 11.9 Å². The monoisotopic (exact) mass is 267 g/mol. The summed E-state index contributed by atoms with van der Waals surface area (Å²) >= 11 is 0. The van der Waals surface area contributed by atoms with E-state index < -0.39 is 0 Å². The molecule has 20 heavy (non-hydrogen) atoms. The maximum absolute atomic E-state index is 4.28. The third-order valence-electron chi connectivity index (χ3n) is 3.24. The second-order valence-electron chi connectivity index (χ2n) is 4.92. The third-order valence-corrected chi connectivity index (χ3v) is 3.24. The molecule has 0 aliphatic rings. The van der Waals surface area contributed by atoms with E-state index >= 15 is 0 Å². The Labute approximate surface area is 117 Å². The van der Waals surface area contributed by atoms with Crippen molar-refractivity contribution in [3.63, 3.8) is 0 Å². The summed E-state index contributed by atoms with van der Waals surface area (Å²) in [6.45, 7) is 4.85. The van der Waals surface area contributed by atoms with Crippen LogP contribution in [0.2, 0.25) is 0 Å². The van der Waals surface area contributed by atoms with Crippen molar-refractivity contribution in [1.82, 2.24) is 19.6 Å². The third kappa shape index (κ3) is 2.61. The fraction of sp³-hybridized carbons (Fsp3) is 0.267. The standard InChI is InChI=1S/C15H17N5/c1-11-3-5-13(6-4-11)16-8-7-14-18-19-15-9-12(2)17-10-20(14)15/h3-6,9-10,16H,7-8H2,1-2H3. The van der Waals surface area contributed by atoms with E-state index in [-0.39, 0.29) is 0 Å². The van der Waals surface area contributed by atoms with Gasteiger partial charge in [-0.2, -0.15) is 0 Å². The molecule has 0 aliphatic carbocycles. The summed E-state index contributed by atoms with van der Waals surface area (Å²) in [4.78, 5) is 4.28. The van der Waals surface area contributed by atoms with Gasteiger partial charge in [0.25, 0.3) is 0 Å². The largest absolute Gasteiger partial charge is 0.385 e. The maximum atomic E-state index is 4.28. The van der Waals surface area contributed by atoms with Gasteiger partial charge in [-0.05, 0) is 26.0 Å². The van der Waals surface area contributed by atoms with E-state index in [1.165, 1.54) is 5.56 Å². The van der Waals surface area contributed by atoms with Crippen molar-refractivity contribution in [3.8, 4) is 0 Å². The zero-order valence-corrected chi connectivity index (χ0v) is 11.7. The molecule has 3 rings (SSSR count). The lowest BCUT2D eigenvalue weighted by atomic mass is 10.2. The first-order valence-corrected chi connectivity index (χ1v) is 6.69. The molecular formula is C15H17N5. The highest BCUT2D eigenvalue weighted by atomic mass is 15.3. The van der Waals surface area contributed by atoms with Crippen LogP contribution in [0, 0.1) is 13.8 Å². The zero-order chi connectivity index (χ0) is 13.9. The molecule has 1 aromatic carbocycles. The molecule has 0 spiro atoms. The van der Waals surface area contributed by atoms with Crippen molar-refractivity contribution >= 4 is 11.3 Å². The van der Waals surface area contributed by atoms with Crippen molar-refractivity contribution in [1.29, 1.82) is 0 Å². The maximum Gasteiger partial charge on any atom is 0.163 e. The first kappa shape index (κ1) is 12.6. The predicted octanol–water partition coefficient (Wildman–Crippen LogP) is 2.40. The van der Waals surface area contributed by atoms with Gasteiger partial charge in [0.05, 0.1) is 0 Å². The SMILES string of the molecule is Cc1ccc(NCCc2nnc3cc(C)ncn23)cc1. The van der Waals surface area contributed by atoms with Crippen molar-refractivity contribution in [2.45, 2.75) is 20.3 Å². The molecule has 5 nitrogen and oxygen atoms in total. The highest BCUT2D eigenvalue weighted by molar-refractivity contribution is 5.44. The van der Waals surface area contributed by atoms with Crippen LogP contribution in [0.1, 0.15) is 17.1 Å². The Morgan fingerprint density at radius 3 is 2.70 bits per heavy atom. The summed E-state index contributed by atoms with van der Waals surface area (Å²) in [5.41, 5.74) is 4.19. The number of nitrogens with zero attached hydrogens (tertiary/aromatic N) is 4. The summed E-state index contributed by atoms with van der Waals surface area (Å²) in [6.07, 6.45) is 2.59. The Balaban J connectivity index is 1.66. The van der Waals surface area contributed by atoms with Crippen LogP contribution in [0.3, 0.4) is 0 Å². The Morgan fingerprint density at radius 2 is 1.90 bits per heavy atom. The second kappa shape index (κ2) is 5.28. The number of benzene rings is 1. The van der Waals surface area contributed by atoms with Gasteiger partial charge in [-0.15, -0.1) is 10.2 Å². The van der Waals surface area contributed by atoms with E-state index in [1.807, 2.05) is 17.4 Å². The molecule has 2 aromatic heterocycles. The number of fused-ring (bicyclic) bond motifs is 1. The molecule has 0 unspecified atom stereocenters. The molecule has 0 saturated carbocycles. The molecule has 0 aliphatic heterocycles. The van der Waals surface area contributed by atoms with Gasteiger partial charge in [-0.25, -0.2) is 4.98 Å². The topological polar surface area (TPSA) is 55.1 Å². The Hall–Kier alpha value is -2.43. The molecule has 0 saturated heterocycles. The lowest BCUT2D eigenvalue weighted by Crippen LogP contribution is -2.07. The molecule has 2 heterocycles. The van der Waals surface area contributed by atoms with Crippen LogP contribution in [0.5, 0.6) is 0 Å². The summed E-state index contributed by atoms with van der Waals surface area (Å²) in [5.74, 6) is 0.923. The van der Waals surface area contributed by atoms with E-state index in [0.717, 1.165) is 35.8 Å². The average molecular weight is 267 g/mol. The molecule has 0 amide bonds. The Kier molecular flexibility index (Phi) is 3.33. The normalized spacial score (nSPS) is 10.9. The van der Waals surface area contributed by atoms with Gasteiger partial charge >= 0.3 is 0 Å². The Bertz CT molecular complexity index is 715. The van der Waals surface area contributed by atoms with Gasteiger partial charge in [0.1, 0.15) is 12.2 Å². The van der Waals surface area contributed by atoms with E-state index in [0.29, 0.717) is 0 Å². The van der Waals surface area contributed by atoms with Crippen LogP contribution < -0.4 is 5.32 Å². The number of hydrogen-bond acceptors (Lipinski definition) is 4. The molecule has 0 bridgehead atoms. The number of nitrogens with one attached hydrogen (secondary N) is 1. The first-order valence-electron chi connectivity index (χ1n) is 6.69. The quantitative estimate of drug-likeness (QED) is 0.788. The summed E-state index contributed by atoms with van der Waals surface area (Å²) in [5, 5.41) is 11.8. The number of aromatic nitrogens is 4. The fourth-order valence-electron chi connectivity index (χ4n) is 2.10. The number of hydrogen-bond donors (Lipinski definition) is 1. The minimum atomic E-state index is 0.805. The van der Waals surface area contributed by atoms with E-state index in [2.05, 4.69) is 51.7 Å². The van der Waals surface area contributed by atoms with Crippen LogP contribution in [-0.2, 0) is 6.42 Å². The van der Waals surface area contributed by atoms with Crippen LogP contribution in [0.15, 0.2) is 36.7 Å². The van der Waals surface area contributed by atoms with Gasteiger partial charge in [0.15, 0.2) is 5.65 Å². The lowest BCUT2D eigenvalue weighted by molar-refractivity contribution is 0.859. The van der Waals surface area contributed by atoms with Crippen LogP contribution in [0.4, 0.5) is 5.69 Å². The van der Waals surface area contributed by atoms with E-state index in [4.69, 9.17) is 0 Å². The van der Waals surface area contributed by atoms with Gasteiger partial charge in [0, 0.05) is 30.4 Å². The van der Waals surface area contributed by atoms with Crippen molar-refractivity contribution in [3.05, 3.63) is 53.7 Å². The molecule has 5 heteroatoms. The number of anilines is 1. The molecule has 0 fully saturated rings. The van der Waals surface area contributed by atoms with Gasteiger partial charge in [-0.1, -0.05) is 17.7 Å². The van der Waals surface area contributed by atoms with Gasteiger partial charge in [-0.3, -0.25) is 4.40 Å². The first-order chi connectivity index (χ1) is 9.72. The summed E-state index contributed by atoms with van der Waals surface area (Å²) < 4.78 is 1.93. The zero-order valence-electron chi connectivity index (χ0n) is 11.7. The van der Waals surface area contributed by atoms with Crippen molar-refractivity contribution < 1.29 is 0 Å². The highest BCUT2D eigenvalue weighted by Crippen LogP contribution is 2.09. The smallest absolute Gasteiger partial charge is 0.163 e. The predicted molar refractivity (Wildman–Crippen MR) is 78.9 cm³/mol. The fourth-order valence-corrected chi connectivity index (χ4v) is 2.10. The van der Waals surface area contributed by atoms with Crippen LogP contribution in [0.25, 0.3) is 5.65 Å². The highest BCUT2D eigenvalue weighted by Gasteiger charge is 2.05. The van der Waals surface area contributed by atoms with E-state index in [1.54, 1.807) is 6.33 Å². The number of rotatable bonds is 4. The van der Waals surface area contributed by atoms with E-state index in [9.17, 15) is 0 Å². The number of aryl methyl sites for hydroxylation is 2. The minimum Gasteiger partial charge on any atom is -0.385 e. The molecule has 3 aromatic rings. The second-order valence-corrected chi connectivity index (χ2v) is 4.92.